The van der Waals surface area contributed by atoms with Gasteiger partial charge in [0.1, 0.15) is 12.6 Å². The third kappa shape index (κ3) is 5.65. The van der Waals surface area contributed by atoms with E-state index in [-0.39, 0.29) is 19.1 Å². The van der Waals surface area contributed by atoms with Crippen molar-refractivity contribution in [2.45, 2.75) is 56.6 Å². The molecule has 0 aromatic heterocycles. The van der Waals surface area contributed by atoms with Crippen LogP contribution in [0.5, 0.6) is 0 Å². The zero-order chi connectivity index (χ0) is 24.8. The Labute approximate surface area is 205 Å². The number of rotatable bonds is 10. The molecule has 2 amide bonds. The highest BCUT2D eigenvalue weighted by molar-refractivity contribution is 5.89. The lowest BCUT2D eigenvalue weighted by molar-refractivity contribution is -0.140. The number of carboxylic acid groups (broad SMARTS) is 1. The second kappa shape index (κ2) is 10.9. The molecule has 2 aromatic rings. The van der Waals surface area contributed by atoms with Crippen LogP contribution in [0.15, 0.2) is 48.5 Å². The first kappa shape index (κ1) is 24.7. The Bertz CT molecular complexity index is 1030. The van der Waals surface area contributed by atoms with Crippen molar-refractivity contribution in [3.63, 3.8) is 0 Å². The summed E-state index contributed by atoms with van der Waals surface area (Å²) in [7, 11) is 0. The SMILES string of the molecule is CCOC1(CNC(=O)C(CC(=O)O)NC(=O)OCC2c3ccccc3-c3ccccc32)CCCC1. The topological polar surface area (TPSA) is 114 Å². The third-order valence-electron chi connectivity index (χ3n) is 6.88. The molecule has 0 heterocycles. The van der Waals surface area contributed by atoms with Crippen molar-refractivity contribution in [3.8, 4) is 11.1 Å². The molecule has 2 aliphatic carbocycles. The zero-order valence-electron chi connectivity index (χ0n) is 19.9. The van der Waals surface area contributed by atoms with Crippen molar-refractivity contribution in [2.75, 3.05) is 19.8 Å². The molecule has 0 spiro atoms. The number of fused-ring (bicyclic) bond motifs is 3. The number of nitrogens with one attached hydrogen (secondary N) is 2. The standard InChI is InChI=1S/C27H32N2O6/c1-2-35-27(13-7-8-14-27)17-28-25(32)23(15-24(30)31)29-26(33)34-16-22-20-11-5-3-9-18(20)19-10-4-6-12-21(19)22/h3-6,9-12,22-23H,2,7-8,13-17H2,1H3,(H,28,32)(H,29,33)(H,30,31). The van der Waals surface area contributed by atoms with Gasteiger partial charge in [0.05, 0.1) is 12.0 Å². The summed E-state index contributed by atoms with van der Waals surface area (Å²) in [4.78, 5) is 36.8. The van der Waals surface area contributed by atoms with Crippen LogP contribution in [0.2, 0.25) is 0 Å². The van der Waals surface area contributed by atoms with Gasteiger partial charge in [0, 0.05) is 19.1 Å². The van der Waals surface area contributed by atoms with Gasteiger partial charge >= 0.3 is 12.1 Å². The van der Waals surface area contributed by atoms with Gasteiger partial charge in [-0.15, -0.1) is 0 Å². The van der Waals surface area contributed by atoms with Crippen LogP contribution in [0.1, 0.15) is 56.1 Å². The van der Waals surface area contributed by atoms with Crippen LogP contribution in [-0.4, -0.2) is 54.5 Å². The van der Waals surface area contributed by atoms with Crippen LogP contribution >= 0.6 is 0 Å². The van der Waals surface area contributed by atoms with E-state index in [4.69, 9.17) is 9.47 Å². The van der Waals surface area contributed by atoms with Crippen LogP contribution in [0.3, 0.4) is 0 Å². The van der Waals surface area contributed by atoms with Gasteiger partial charge in [-0.25, -0.2) is 4.79 Å². The summed E-state index contributed by atoms with van der Waals surface area (Å²) in [6.45, 7) is 2.80. The largest absolute Gasteiger partial charge is 0.481 e. The summed E-state index contributed by atoms with van der Waals surface area (Å²) in [5.41, 5.74) is 3.92. The van der Waals surface area contributed by atoms with E-state index in [2.05, 4.69) is 10.6 Å². The number of amides is 2. The number of benzene rings is 2. The number of hydrogen-bond donors (Lipinski definition) is 3. The third-order valence-corrected chi connectivity index (χ3v) is 6.88. The smallest absolute Gasteiger partial charge is 0.407 e. The summed E-state index contributed by atoms with van der Waals surface area (Å²) < 4.78 is 11.4. The number of aliphatic carboxylic acids is 1. The first-order chi connectivity index (χ1) is 16.9. The number of carboxylic acids is 1. The first-order valence-electron chi connectivity index (χ1n) is 12.2. The Morgan fingerprint density at radius 1 is 1.03 bits per heavy atom. The fourth-order valence-corrected chi connectivity index (χ4v) is 5.24. The van der Waals surface area contributed by atoms with E-state index in [9.17, 15) is 19.5 Å². The molecule has 35 heavy (non-hydrogen) atoms. The number of ether oxygens (including phenoxy) is 2. The maximum atomic E-state index is 12.8. The molecular weight excluding hydrogens is 448 g/mol. The van der Waals surface area contributed by atoms with E-state index >= 15 is 0 Å². The van der Waals surface area contributed by atoms with Gasteiger partial charge in [-0.2, -0.15) is 0 Å². The van der Waals surface area contributed by atoms with Gasteiger partial charge < -0.3 is 25.2 Å². The van der Waals surface area contributed by atoms with E-state index < -0.39 is 36.0 Å². The van der Waals surface area contributed by atoms with Crippen LogP contribution in [-0.2, 0) is 19.1 Å². The highest BCUT2D eigenvalue weighted by atomic mass is 16.5. The van der Waals surface area contributed by atoms with Gasteiger partial charge in [0.15, 0.2) is 0 Å². The van der Waals surface area contributed by atoms with E-state index in [0.717, 1.165) is 47.9 Å². The first-order valence-corrected chi connectivity index (χ1v) is 12.2. The van der Waals surface area contributed by atoms with Gasteiger partial charge in [0.25, 0.3) is 0 Å². The number of carbonyl (C=O) groups is 3. The molecular formula is C27H32N2O6. The second-order valence-electron chi connectivity index (χ2n) is 9.16. The molecule has 1 atom stereocenters. The molecule has 0 radical (unpaired) electrons. The van der Waals surface area contributed by atoms with Crippen molar-refractivity contribution >= 4 is 18.0 Å². The van der Waals surface area contributed by atoms with Crippen molar-refractivity contribution < 1.29 is 29.0 Å². The average Bonchev–Trinajstić information content (AvgIpc) is 3.44. The predicted molar refractivity (Wildman–Crippen MR) is 130 cm³/mol. The number of hydrogen-bond acceptors (Lipinski definition) is 5. The molecule has 0 saturated heterocycles. The van der Waals surface area contributed by atoms with E-state index in [0.29, 0.717) is 6.61 Å². The van der Waals surface area contributed by atoms with Crippen LogP contribution in [0, 0.1) is 0 Å². The predicted octanol–water partition coefficient (Wildman–Crippen LogP) is 3.83. The van der Waals surface area contributed by atoms with Gasteiger partial charge in [-0.1, -0.05) is 61.4 Å². The maximum absolute atomic E-state index is 12.8. The number of alkyl carbamates (subject to hydrolysis) is 1. The number of carbonyl (C=O) groups excluding carboxylic acids is 2. The van der Waals surface area contributed by atoms with Crippen molar-refractivity contribution in [1.82, 2.24) is 10.6 Å². The molecule has 1 fully saturated rings. The van der Waals surface area contributed by atoms with E-state index in [1.165, 1.54) is 0 Å². The van der Waals surface area contributed by atoms with E-state index in [1.54, 1.807) is 0 Å². The van der Waals surface area contributed by atoms with Gasteiger partial charge in [-0.05, 0) is 42.0 Å². The summed E-state index contributed by atoms with van der Waals surface area (Å²) in [5, 5.41) is 14.5. The van der Waals surface area contributed by atoms with E-state index in [1.807, 2.05) is 55.5 Å². The molecule has 4 rings (SSSR count). The Kier molecular flexibility index (Phi) is 7.70. The van der Waals surface area contributed by atoms with Crippen LogP contribution in [0.25, 0.3) is 11.1 Å². The van der Waals surface area contributed by atoms with Crippen molar-refractivity contribution in [1.29, 1.82) is 0 Å². The quantitative estimate of drug-likeness (QED) is 0.476. The lowest BCUT2D eigenvalue weighted by atomic mass is 9.98. The maximum Gasteiger partial charge on any atom is 0.407 e. The highest BCUT2D eigenvalue weighted by Gasteiger charge is 2.36. The summed E-state index contributed by atoms with van der Waals surface area (Å²) >= 11 is 0. The Morgan fingerprint density at radius 3 is 2.20 bits per heavy atom. The molecule has 0 aliphatic heterocycles. The second-order valence-corrected chi connectivity index (χ2v) is 9.16. The van der Waals surface area contributed by atoms with Gasteiger partial charge in [0.2, 0.25) is 5.91 Å². The fourth-order valence-electron chi connectivity index (χ4n) is 5.24. The molecule has 1 unspecified atom stereocenters. The molecule has 186 valence electrons. The molecule has 1 saturated carbocycles. The molecule has 2 aromatic carbocycles. The highest BCUT2D eigenvalue weighted by Crippen LogP contribution is 2.44. The molecule has 0 bridgehead atoms. The molecule has 8 nitrogen and oxygen atoms in total. The summed E-state index contributed by atoms with van der Waals surface area (Å²) in [5.74, 6) is -1.88. The van der Waals surface area contributed by atoms with Gasteiger partial charge in [-0.3, -0.25) is 9.59 Å². The normalized spacial score (nSPS) is 16.7. The van der Waals surface area contributed by atoms with Crippen molar-refractivity contribution in [2.24, 2.45) is 0 Å². The molecule has 8 heteroatoms. The molecule has 2 aliphatic rings. The Morgan fingerprint density at radius 2 is 1.63 bits per heavy atom. The minimum atomic E-state index is -1.25. The Hall–Kier alpha value is -3.39. The lowest BCUT2D eigenvalue weighted by Gasteiger charge is -2.30. The fraction of sp³-hybridized carbons (Fsp3) is 0.444. The zero-order valence-corrected chi connectivity index (χ0v) is 19.9. The minimum Gasteiger partial charge on any atom is -0.481 e. The average molecular weight is 481 g/mol. The summed E-state index contributed by atoms with van der Waals surface area (Å²) in [6.07, 6.45) is 2.35. The monoisotopic (exact) mass is 480 g/mol. The van der Waals surface area contributed by atoms with Crippen molar-refractivity contribution in [3.05, 3.63) is 59.7 Å². The molecule has 3 N–H and O–H groups in total. The minimum absolute atomic E-state index is 0.0781. The Balaban J connectivity index is 1.37. The van der Waals surface area contributed by atoms with Crippen LogP contribution < -0.4 is 10.6 Å². The van der Waals surface area contributed by atoms with Crippen LogP contribution in [0.4, 0.5) is 4.79 Å². The lowest BCUT2D eigenvalue weighted by Crippen LogP contribution is -2.52. The summed E-state index contributed by atoms with van der Waals surface area (Å²) in [6, 6.07) is 14.7.